The highest BCUT2D eigenvalue weighted by Gasteiger charge is 2.35. The van der Waals surface area contributed by atoms with Gasteiger partial charge in [0.15, 0.2) is 5.78 Å². The Morgan fingerprint density at radius 2 is 1.30 bits per heavy atom. The largest absolute Gasteiger partial charge is 0.379 e. The summed E-state index contributed by atoms with van der Waals surface area (Å²) in [5.41, 5.74) is 1.37. The second-order valence-corrected chi connectivity index (χ2v) is 14.3. The van der Waals surface area contributed by atoms with Crippen LogP contribution in [0.15, 0.2) is 91.0 Å². The van der Waals surface area contributed by atoms with E-state index in [2.05, 4.69) is 20.9 Å². The molecule has 1 aliphatic rings. The van der Waals surface area contributed by atoms with E-state index in [4.69, 9.17) is 4.74 Å². The van der Waals surface area contributed by atoms with Gasteiger partial charge in [-0.1, -0.05) is 105 Å². The lowest BCUT2D eigenvalue weighted by atomic mass is 9.83. The van der Waals surface area contributed by atoms with Crippen molar-refractivity contribution in [3.05, 3.63) is 108 Å². The van der Waals surface area contributed by atoms with E-state index < -0.39 is 46.8 Å². The summed E-state index contributed by atoms with van der Waals surface area (Å²) in [6, 6.07) is 25.3. The van der Waals surface area contributed by atoms with Crippen LogP contribution in [-0.4, -0.2) is 91.4 Å². The lowest BCUT2D eigenvalue weighted by Crippen LogP contribution is -2.52. The van der Waals surface area contributed by atoms with Crippen LogP contribution in [0.5, 0.6) is 0 Å². The van der Waals surface area contributed by atoms with Gasteiger partial charge in [0.1, 0.15) is 5.78 Å². The number of nitrogens with one attached hydrogen (secondary N) is 3. The number of carbonyl (C=O) groups is 6. The van der Waals surface area contributed by atoms with Crippen molar-refractivity contribution in [1.82, 2.24) is 20.9 Å². The molecule has 0 aliphatic carbocycles. The van der Waals surface area contributed by atoms with Crippen molar-refractivity contribution in [3.8, 4) is 0 Å². The fourth-order valence-corrected chi connectivity index (χ4v) is 6.28. The predicted octanol–water partition coefficient (Wildman–Crippen LogP) is 3.28. The van der Waals surface area contributed by atoms with Gasteiger partial charge < -0.3 is 20.7 Å². The minimum atomic E-state index is -1.23. The van der Waals surface area contributed by atoms with Crippen molar-refractivity contribution in [2.45, 2.75) is 65.0 Å². The van der Waals surface area contributed by atoms with Gasteiger partial charge >= 0.3 is 0 Å². The van der Waals surface area contributed by atoms with Gasteiger partial charge in [-0.25, -0.2) is 0 Å². The SMILES string of the molecule is CC(NC(=O)[C@@H](CC(=O)Cc1ccccc1)Cc1ccccc1)C(=O)C(=O)N[C@@H](Cc1ccccc1)C(=O)CC(C)(C)C(=O)NCCN1CCOCC1. The number of rotatable bonds is 20. The molecule has 0 radical (unpaired) electrons. The fourth-order valence-electron chi connectivity index (χ4n) is 6.28. The molecule has 3 aromatic carbocycles. The number of nitrogens with zero attached hydrogens (tertiary/aromatic N) is 1. The molecule has 3 amide bonds. The zero-order valence-corrected chi connectivity index (χ0v) is 31.0. The number of hydrogen-bond acceptors (Lipinski definition) is 8. The molecule has 0 saturated carbocycles. The first-order valence-electron chi connectivity index (χ1n) is 18.3. The molecule has 3 atom stereocenters. The number of Topliss-reactive ketones (excluding diaryl/α,β-unsaturated/α-hetero) is 3. The summed E-state index contributed by atoms with van der Waals surface area (Å²) in [4.78, 5) is 82.6. The fraction of sp³-hybridized carbons (Fsp3) is 0.429. The number of amides is 3. The average molecular weight is 725 g/mol. The van der Waals surface area contributed by atoms with E-state index in [0.717, 1.165) is 29.8 Å². The van der Waals surface area contributed by atoms with Gasteiger partial charge in [-0.3, -0.25) is 33.7 Å². The first kappa shape index (κ1) is 40.8. The molecule has 1 heterocycles. The summed E-state index contributed by atoms with van der Waals surface area (Å²) in [6.45, 7) is 8.74. The number of carbonyl (C=O) groups excluding carboxylic acids is 6. The van der Waals surface area contributed by atoms with E-state index in [0.29, 0.717) is 26.3 Å². The molecule has 1 aliphatic heterocycles. The Balaban J connectivity index is 1.39. The number of ketones is 3. The molecular formula is C42H52N4O7. The second kappa shape index (κ2) is 20.3. The molecule has 3 N–H and O–H groups in total. The normalized spacial score (nSPS) is 15.0. The van der Waals surface area contributed by atoms with Crippen LogP contribution in [0.25, 0.3) is 0 Å². The molecule has 1 saturated heterocycles. The van der Waals surface area contributed by atoms with Crippen molar-refractivity contribution in [2.24, 2.45) is 11.3 Å². The van der Waals surface area contributed by atoms with Crippen LogP contribution in [0, 0.1) is 11.3 Å². The van der Waals surface area contributed by atoms with E-state index >= 15 is 0 Å². The van der Waals surface area contributed by atoms with Gasteiger partial charge in [-0.15, -0.1) is 0 Å². The monoisotopic (exact) mass is 724 g/mol. The molecule has 53 heavy (non-hydrogen) atoms. The number of ether oxygens (including phenoxy) is 1. The Kier molecular flexibility index (Phi) is 15.6. The first-order valence-corrected chi connectivity index (χ1v) is 18.3. The maximum absolute atomic E-state index is 13.8. The van der Waals surface area contributed by atoms with Gasteiger partial charge in [0.25, 0.3) is 5.91 Å². The van der Waals surface area contributed by atoms with Gasteiger partial charge in [-0.2, -0.15) is 0 Å². The van der Waals surface area contributed by atoms with E-state index in [-0.39, 0.29) is 43.8 Å². The van der Waals surface area contributed by atoms with Crippen LogP contribution >= 0.6 is 0 Å². The Morgan fingerprint density at radius 1 is 0.755 bits per heavy atom. The summed E-state index contributed by atoms with van der Waals surface area (Å²) in [7, 11) is 0. The molecule has 0 spiro atoms. The molecule has 1 fully saturated rings. The van der Waals surface area contributed by atoms with Crippen LogP contribution in [0.4, 0.5) is 0 Å². The van der Waals surface area contributed by atoms with E-state index in [1.807, 2.05) is 91.0 Å². The van der Waals surface area contributed by atoms with Crippen LogP contribution in [0.3, 0.4) is 0 Å². The van der Waals surface area contributed by atoms with Crippen LogP contribution in [0.2, 0.25) is 0 Å². The van der Waals surface area contributed by atoms with Crippen molar-refractivity contribution in [3.63, 3.8) is 0 Å². The Bertz CT molecular complexity index is 1680. The van der Waals surface area contributed by atoms with Gasteiger partial charge in [0, 0.05) is 51.4 Å². The number of morpholine rings is 1. The van der Waals surface area contributed by atoms with Crippen LogP contribution < -0.4 is 16.0 Å². The zero-order chi connectivity index (χ0) is 38.2. The van der Waals surface area contributed by atoms with Crippen LogP contribution in [0.1, 0.15) is 50.3 Å². The smallest absolute Gasteiger partial charge is 0.290 e. The Morgan fingerprint density at radius 3 is 1.89 bits per heavy atom. The van der Waals surface area contributed by atoms with Crippen molar-refractivity contribution >= 4 is 35.1 Å². The molecule has 3 aromatic rings. The Hall–Kier alpha value is -5.00. The third-order valence-corrected chi connectivity index (χ3v) is 9.41. The minimum Gasteiger partial charge on any atom is -0.379 e. The molecule has 11 nitrogen and oxygen atoms in total. The van der Waals surface area contributed by atoms with E-state index in [1.165, 1.54) is 6.92 Å². The lowest BCUT2D eigenvalue weighted by molar-refractivity contribution is -0.142. The number of benzene rings is 3. The second-order valence-electron chi connectivity index (χ2n) is 14.3. The van der Waals surface area contributed by atoms with E-state index in [1.54, 1.807) is 13.8 Å². The molecule has 1 unspecified atom stereocenters. The first-order chi connectivity index (χ1) is 25.4. The van der Waals surface area contributed by atoms with Crippen molar-refractivity contribution in [1.29, 1.82) is 0 Å². The molecule has 0 aromatic heterocycles. The molecular weight excluding hydrogens is 672 g/mol. The molecule has 0 bridgehead atoms. The highest BCUT2D eigenvalue weighted by Crippen LogP contribution is 2.23. The topological polar surface area (TPSA) is 151 Å². The van der Waals surface area contributed by atoms with Gasteiger partial charge in [-0.05, 0) is 36.5 Å². The maximum Gasteiger partial charge on any atom is 0.290 e. The summed E-state index contributed by atoms with van der Waals surface area (Å²) in [5.74, 6) is -4.08. The summed E-state index contributed by atoms with van der Waals surface area (Å²) in [6.07, 6.45) is 0.321. The summed E-state index contributed by atoms with van der Waals surface area (Å²) >= 11 is 0. The zero-order valence-electron chi connectivity index (χ0n) is 31.0. The molecule has 4 rings (SSSR count). The summed E-state index contributed by atoms with van der Waals surface area (Å²) in [5, 5.41) is 8.18. The molecule has 11 heteroatoms. The lowest BCUT2D eigenvalue weighted by Gasteiger charge is -2.28. The van der Waals surface area contributed by atoms with Crippen molar-refractivity contribution in [2.75, 3.05) is 39.4 Å². The highest BCUT2D eigenvalue weighted by molar-refractivity contribution is 6.38. The standard InChI is InChI=1S/C42H52N4O7/c1-30(44-39(50)34(25-31-13-7-4-8-14-31)28-35(47)26-32-15-9-5-10-16-32)38(49)40(51)45-36(27-33-17-11-6-12-18-33)37(48)29-42(2,3)41(52)43-19-20-46-21-23-53-24-22-46/h4-18,30,34,36H,19-29H2,1-3H3,(H,43,52)(H,44,50)(H,45,51)/t30?,34-,36+/m1/s1. The highest BCUT2D eigenvalue weighted by atomic mass is 16.5. The quantitative estimate of drug-likeness (QED) is 0.150. The van der Waals surface area contributed by atoms with Crippen molar-refractivity contribution < 1.29 is 33.5 Å². The average Bonchev–Trinajstić information content (AvgIpc) is 3.15. The summed E-state index contributed by atoms with van der Waals surface area (Å²) < 4.78 is 5.37. The minimum absolute atomic E-state index is 0.0487. The van der Waals surface area contributed by atoms with E-state index in [9.17, 15) is 28.8 Å². The maximum atomic E-state index is 13.8. The van der Waals surface area contributed by atoms with Gasteiger partial charge in [0.2, 0.25) is 17.6 Å². The van der Waals surface area contributed by atoms with Crippen LogP contribution in [-0.2, 0) is 52.8 Å². The Labute approximate surface area is 312 Å². The third-order valence-electron chi connectivity index (χ3n) is 9.41. The predicted molar refractivity (Wildman–Crippen MR) is 202 cm³/mol. The third kappa shape index (κ3) is 13.5. The van der Waals surface area contributed by atoms with Gasteiger partial charge in [0.05, 0.1) is 30.7 Å². The molecule has 282 valence electrons. The number of hydrogen-bond donors (Lipinski definition) is 3.